The third-order valence-corrected chi connectivity index (χ3v) is 5.68. The Bertz CT molecular complexity index is 934. The lowest BCUT2D eigenvalue weighted by molar-refractivity contribution is -0.135. The van der Waals surface area contributed by atoms with Crippen molar-refractivity contribution in [2.75, 3.05) is 33.9 Å². The molecular formula is C24H29FN2O5. The summed E-state index contributed by atoms with van der Waals surface area (Å²) in [5.74, 6) is 0.0991. The third-order valence-electron chi connectivity index (χ3n) is 5.68. The van der Waals surface area contributed by atoms with Crippen LogP contribution in [0.5, 0.6) is 11.5 Å². The van der Waals surface area contributed by atoms with Gasteiger partial charge in [-0.15, -0.1) is 0 Å². The van der Waals surface area contributed by atoms with Crippen molar-refractivity contribution in [2.45, 2.75) is 25.4 Å². The molecule has 0 saturated carbocycles. The normalized spacial score (nSPS) is 16.9. The van der Waals surface area contributed by atoms with E-state index in [0.29, 0.717) is 36.6 Å². The summed E-state index contributed by atoms with van der Waals surface area (Å²) in [4.78, 5) is 27.0. The van der Waals surface area contributed by atoms with Crippen LogP contribution >= 0.6 is 0 Å². The Balaban J connectivity index is 1.55. The minimum atomic E-state index is -0.969. The number of nitrogens with one attached hydrogen (secondary N) is 1. The third kappa shape index (κ3) is 5.97. The number of hydrogen-bond acceptors (Lipinski definition) is 5. The van der Waals surface area contributed by atoms with Gasteiger partial charge in [-0.1, -0.05) is 12.1 Å². The van der Waals surface area contributed by atoms with Crippen LogP contribution in [0.4, 0.5) is 4.39 Å². The van der Waals surface area contributed by atoms with Crippen LogP contribution in [0.1, 0.15) is 30.1 Å². The van der Waals surface area contributed by atoms with E-state index >= 15 is 0 Å². The molecule has 8 heteroatoms. The summed E-state index contributed by atoms with van der Waals surface area (Å²) in [7, 11) is 3.04. The van der Waals surface area contributed by atoms with E-state index in [1.54, 1.807) is 35.2 Å². The molecule has 2 N–H and O–H groups in total. The number of aliphatic hydroxyl groups is 1. The number of piperidine rings is 1. The maximum Gasteiger partial charge on any atom is 0.227 e. The van der Waals surface area contributed by atoms with Gasteiger partial charge in [-0.05, 0) is 48.7 Å². The number of ether oxygens (including phenoxy) is 2. The molecule has 0 radical (unpaired) electrons. The molecule has 2 unspecified atom stereocenters. The number of likely N-dealkylation sites (tertiary alicyclic amines) is 1. The Labute approximate surface area is 187 Å². The highest BCUT2D eigenvalue weighted by molar-refractivity contribution is 5.82. The number of hydrogen-bond donors (Lipinski definition) is 2. The minimum absolute atomic E-state index is 0.0163. The molecule has 2 aromatic carbocycles. The Kier molecular flexibility index (Phi) is 8.05. The summed E-state index contributed by atoms with van der Waals surface area (Å²) < 4.78 is 23.6. The number of carbonyl (C=O) groups excluding carboxylic acids is 2. The van der Waals surface area contributed by atoms with Gasteiger partial charge < -0.3 is 24.8 Å². The van der Waals surface area contributed by atoms with Crippen LogP contribution in [0, 0.1) is 11.7 Å². The zero-order valence-electron chi connectivity index (χ0n) is 18.3. The van der Waals surface area contributed by atoms with Crippen molar-refractivity contribution in [1.82, 2.24) is 10.2 Å². The number of nitrogens with zero attached hydrogens (tertiary/aromatic N) is 1. The lowest BCUT2D eigenvalue weighted by Crippen LogP contribution is -2.46. The van der Waals surface area contributed by atoms with Crippen LogP contribution < -0.4 is 14.8 Å². The van der Waals surface area contributed by atoms with E-state index in [2.05, 4.69) is 5.32 Å². The summed E-state index contributed by atoms with van der Waals surface area (Å²) in [6.45, 7) is 0.931. The first-order chi connectivity index (χ1) is 15.4. The summed E-state index contributed by atoms with van der Waals surface area (Å²) >= 11 is 0. The summed E-state index contributed by atoms with van der Waals surface area (Å²) in [5, 5.41) is 13.4. The number of halogens is 1. The standard InChI is InChI=1S/C24H29FN2O5/c1-31-19-9-10-22(32-2)20(13-19)21(28)14-26-24(30)17-4-3-11-27(15-17)23(29)12-16-5-7-18(25)8-6-16/h5-10,13,17,21,28H,3-4,11-12,14-15H2,1-2H3,(H,26,30). The van der Waals surface area contributed by atoms with Crippen LogP contribution in [-0.2, 0) is 16.0 Å². The van der Waals surface area contributed by atoms with E-state index in [1.807, 2.05) is 0 Å². The van der Waals surface area contributed by atoms with E-state index in [4.69, 9.17) is 9.47 Å². The molecule has 0 spiro atoms. The van der Waals surface area contributed by atoms with Gasteiger partial charge in [0.1, 0.15) is 17.3 Å². The molecule has 1 aliphatic heterocycles. The average molecular weight is 445 g/mol. The zero-order valence-corrected chi connectivity index (χ0v) is 18.3. The highest BCUT2D eigenvalue weighted by atomic mass is 19.1. The Morgan fingerprint density at radius 2 is 1.94 bits per heavy atom. The van der Waals surface area contributed by atoms with Gasteiger partial charge in [-0.3, -0.25) is 9.59 Å². The summed E-state index contributed by atoms with van der Waals surface area (Å²) in [6, 6.07) is 10.9. The predicted molar refractivity (Wildman–Crippen MR) is 117 cm³/mol. The molecular weight excluding hydrogens is 415 g/mol. The highest BCUT2D eigenvalue weighted by Gasteiger charge is 2.29. The molecule has 0 aromatic heterocycles. The van der Waals surface area contributed by atoms with Gasteiger partial charge >= 0.3 is 0 Å². The van der Waals surface area contributed by atoms with Crippen molar-refractivity contribution in [3.8, 4) is 11.5 Å². The van der Waals surface area contributed by atoms with E-state index < -0.39 is 6.10 Å². The second-order valence-electron chi connectivity index (χ2n) is 7.85. The molecule has 2 atom stereocenters. The fourth-order valence-electron chi connectivity index (χ4n) is 3.86. The van der Waals surface area contributed by atoms with Crippen molar-refractivity contribution in [2.24, 2.45) is 5.92 Å². The maximum atomic E-state index is 13.1. The highest BCUT2D eigenvalue weighted by Crippen LogP contribution is 2.29. The number of benzene rings is 2. The number of methoxy groups -OCH3 is 2. The van der Waals surface area contributed by atoms with Gasteiger partial charge in [0.15, 0.2) is 0 Å². The molecule has 2 amide bonds. The van der Waals surface area contributed by atoms with Crippen molar-refractivity contribution in [3.63, 3.8) is 0 Å². The van der Waals surface area contributed by atoms with Crippen molar-refractivity contribution in [3.05, 3.63) is 59.4 Å². The lowest BCUT2D eigenvalue weighted by atomic mass is 9.96. The van der Waals surface area contributed by atoms with Crippen LogP contribution in [-0.4, -0.2) is 55.7 Å². The van der Waals surface area contributed by atoms with Gasteiger partial charge in [0.25, 0.3) is 0 Å². The molecule has 1 fully saturated rings. The van der Waals surface area contributed by atoms with Crippen molar-refractivity contribution in [1.29, 1.82) is 0 Å². The molecule has 32 heavy (non-hydrogen) atoms. The quantitative estimate of drug-likeness (QED) is 0.653. The van der Waals surface area contributed by atoms with Crippen LogP contribution in [0.25, 0.3) is 0 Å². The number of rotatable bonds is 8. The zero-order chi connectivity index (χ0) is 23.1. The van der Waals surface area contributed by atoms with E-state index in [9.17, 15) is 19.1 Å². The number of amides is 2. The van der Waals surface area contributed by atoms with Crippen molar-refractivity contribution >= 4 is 11.8 Å². The number of carbonyl (C=O) groups is 2. The second-order valence-corrected chi connectivity index (χ2v) is 7.85. The first-order valence-electron chi connectivity index (χ1n) is 10.6. The van der Waals surface area contributed by atoms with Crippen LogP contribution in [0.2, 0.25) is 0 Å². The van der Waals surface area contributed by atoms with E-state index in [0.717, 1.165) is 12.0 Å². The predicted octanol–water partition coefficient (Wildman–Crippen LogP) is 2.47. The summed E-state index contributed by atoms with van der Waals surface area (Å²) in [6.07, 6.45) is 0.594. The molecule has 172 valence electrons. The Morgan fingerprint density at radius 1 is 1.19 bits per heavy atom. The molecule has 2 aromatic rings. The van der Waals surface area contributed by atoms with Gasteiger partial charge in [-0.25, -0.2) is 4.39 Å². The molecule has 1 heterocycles. The van der Waals surface area contributed by atoms with Crippen molar-refractivity contribution < 1.29 is 28.6 Å². The topological polar surface area (TPSA) is 88.1 Å². The Morgan fingerprint density at radius 3 is 2.62 bits per heavy atom. The molecule has 0 aliphatic carbocycles. The van der Waals surface area contributed by atoms with E-state index in [1.165, 1.54) is 26.4 Å². The molecule has 1 aliphatic rings. The lowest BCUT2D eigenvalue weighted by Gasteiger charge is -2.32. The van der Waals surface area contributed by atoms with Crippen LogP contribution in [0.15, 0.2) is 42.5 Å². The first kappa shape index (κ1) is 23.5. The monoisotopic (exact) mass is 444 g/mol. The average Bonchev–Trinajstić information content (AvgIpc) is 2.83. The van der Waals surface area contributed by atoms with Crippen LogP contribution in [0.3, 0.4) is 0 Å². The maximum absolute atomic E-state index is 13.1. The molecule has 1 saturated heterocycles. The number of aliphatic hydroxyl groups excluding tert-OH is 1. The van der Waals surface area contributed by atoms with E-state index in [-0.39, 0.29) is 36.5 Å². The van der Waals surface area contributed by atoms with Gasteiger partial charge in [-0.2, -0.15) is 0 Å². The summed E-state index contributed by atoms with van der Waals surface area (Å²) in [5.41, 5.74) is 1.25. The molecule has 7 nitrogen and oxygen atoms in total. The van der Waals surface area contributed by atoms with Gasteiger partial charge in [0.05, 0.1) is 32.7 Å². The second kappa shape index (κ2) is 10.9. The first-order valence-corrected chi connectivity index (χ1v) is 10.6. The minimum Gasteiger partial charge on any atom is -0.497 e. The largest absolute Gasteiger partial charge is 0.497 e. The molecule has 3 rings (SSSR count). The fraction of sp³-hybridized carbons (Fsp3) is 0.417. The Hall–Kier alpha value is -3.13. The fourth-order valence-corrected chi connectivity index (χ4v) is 3.86. The smallest absolute Gasteiger partial charge is 0.227 e. The van der Waals surface area contributed by atoms with Gasteiger partial charge in [0.2, 0.25) is 11.8 Å². The SMILES string of the molecule is COc1ccc(OC)c(C(O)CNC(=O)C2CCCN(C(=O)Cc3ccc(F)cc3)C2)c1. The molecule has 0 bridgehead atoms. The van der Waals surface area contributed by atoms with Gasteiger partial charge in [0, 0.05) is 25.2 Å².